The van der Waals surface area contributed by atoms with Gasteiger partial charge in [0.25, 0.3) is 0 Å². The van der Waals surface area contributed by atoms with Crippen LogP contribution in [-0.4, -0.2) is 18.8 Å². The second-order valence-corrected chi connectivity index (χ2v) is 7.68. The van der Waals surface area contributed by atoms with E-state index in [0.717, 1.165) is 0 Å². The van der Waals surface area contributed by atoms with Crippen molar-refractivity contribution in [1.29, 1.82) is 0 Å². The van der Waals surface area contributed by atoms with Crippen molar-refractivity contribution in [1.82, 2.24) is 0 Å². The quantitative estimate of drug-likeness (QED) is 0.687. The zero-order chi connectivity index (χ0) is 15.2. The second-order valence-electron chi connectivity index (χ2n) is 7.68. The Bertz CT molecular complexity index is 269. The van der Waals surface area contributed by atoms with E-state index in [2.05, 4.69) is 27.7 Å². The van der Waals surface area contributed by atoms with E-state index in [1.54, 1.807) is 0 Å². The molecule has 1 saturated carbocycles. The summed E-state index contributed by atoms with van der Waals surface area (Å²) in [6.45, 7) is 9.14. The first-order valence-corrected chi connectivity index (χ1v) is 8.67. The minimum atomic E-state index is 0.112. The lowest BCUT2D eigenvalue weighted by atomic mass is 9.68. The van der Waals surface area contributed by atoms with Gasteiger partial charge in [0, 0.05) is 12.6 Å². The molecule has 1 fully saturated rings. The Morgan fingerprint density at radius 2 is 1.75 bits per heavy atom. The fourth-order valence-corrected chi connectivity index (χ4v) is 3.75. The van der Waals surface area contributed by atoms with Crippen LogP contribution in [0.2, 0.25) is 0 Å². The summed E-state index contributed by atoms with van der Waals surface area (Å²) < 4.78 is 5.55. The highest BCUT2D eigenvalue weighted by atomic mass is 16.5. The number of hydrogen-bond donors (Lipinski definition) is 1. The van der Waals surface area contributed by atoms with E-state index in [4.69, 9.17) is 10.5 Å². The molecule has 0 heterocycles. The minimum Gasteiger partial charge on any atom is -0.381 e. The van der Waals surface area contributed by atoms with Crippen LogP contribution in [0.1, 0.15) is 85.5 Å². The molecular formula is C18H37NO. The van der Waals surface area contributed by atoms with E-state index in [-0.39, 0.29) is 11.0 Å². The minimum absolute atomic E-state index is 0.112. The molecule has 2 atom stereocenters. The smallest absolute Gasteiger partial charge is 0.0594 e. The average Bonchev–Trinajstić information content (AvgIpc) is 2.43. The first-order chi connectivity index (χ1) is 9.35. The van der Waals surface area contributed by atoms with E-state index >= 15 is 0 Å². The topological polar surface area (TPSA) is 35.2 Å². The maximum Gasteiger partial charge on any atom is 0.0594 e. The van der Waals surface area contributed by atoms with Crippen molar-refractivity contribution >= 4 is 0 Å². The predicted molar refractivity (Wildman–Crippen MR) is 87.9 cm³/mol. The van der Waals surface area contributed by atoms with Gasteiger partial charge in [-0.05, 0) is 50.4 Å². The van der Waals surface area contributed by atoms with Crippen LogP contribution < -0.4 is 5.73 Å². The molecule has 2 heteroatoms. The number of methoxy groups -OCH3 is 1. The standard InChI is InChI=1S/C18H37NO/c1-6-10-16(18(19)12-8-7-9-13-18)11-14-17(3,4)15(2)20-5/h15-16H,6-14,19H2,1-5H3/t15-,16+/m0/s1. The molecule has 0 amide bonds. The van der Waals surface area contributed by atoms with E-state index in [1.165, 1.54) is 57.8 Å². The van der Waals surface area contributed by atoms with Crippen LogP contribution in [0.15, 0.2) is 0 Å². The molecule has 0 aliphatic heterocycles. The molecule has 0 saturated heterocycles. The van der Waals surface area contributed by atoms with Crippen LogP contribution in [0.4, 0.5) is 0 Å². The van der Waals surface area contributed by atoms with Crippen LogP contribution in [0, 0.1) is 11.3 Å². The van der Waals surface area contributed by atoms with E-state index in [1.807, 2.05) is 7.11 Å². The van der Waals surface area contributed by atoms with Crippen molar-refractivity contribution in [2.75, 3.05) is 7.11 Å². The first-order valence-electron chi connectivity index (χ1n) is 8.67. The SMILES string of the molecule is CCC[C@H](CCC(C)(C)[C@H](C)OC)C1(N)CCCCC1. The fourth-order valence-electron chi connectivity index (χ4n) is 3.75. The van der Waals surface area contributed by atoms with Gasteiger partial charge >= 0.3 is 0 Å². The maximum absolute atomic E-state index is 6.80. The van der Waals surface area contributed by atoms with Crippen molar-refractivity contribution in [2.24, 2.45) is 17.1 Å². The molecule has 0 aromatic rings. The fraction of sp³-hybridized carbons (Fsp3) is 1.00. The Balaban J connectivity index is 2.63. The predicted octanol–water partition coefficient (Wildman–Crippen LogP) is 4.91. The van der Waals surface area contributed by atoms with Gasteiger partial charge in [0.2, 0.25) is 0 Å². The molecular weight excluding hydrogens is 246 g/mol. The molecule has 120 valence electrons. The van der Waals surface area contributed by atoms with Gasteiger partial charge in [0.05, 0.1) is 6.10 Å². The molecule has 0 aromatic heterocycles. The van der Waals surface area contributed by atoms with Crippen LogP contribution in [-0.2, 0) is 4.74 Å². The third-order valence-electron chi connectivity index (χ3n) is 5.83. The summed E-state index contributed by atoms with van der Waals surface area (Å²) in [4.78, 5) is 0. The van der Waals surface area contributed by atoms with Gasteiger partial charge in [0.1, 0.15) is 0 Å². The molecule has 1 aliphatic carbocycles. The first kappa shape index (κ1) is 18.0. The van der Waals surface area contributed by atoms with Gasteiger partial charge < -0.3 is 10.5 Å². The molecule has 2 N–H and O–H groups in total. The Hall–Kier alpha value is -0.0800. The summed E-state index contributed by atoms with van der Waals surface area (Å²) in [7, 11) is 1.82. The van der Waals surface area contributed by atoms with Gasteiger partial charge in [-0.1, -0.05) is 46.5 Å². The summed E-state index contributed by atoms with van der Waals surface area (Å²) in [5.74, 6) is 0.691. The number of hydrogen-bond acceptors (Lipinski definition) is 2. The lowest BCUT2D eigenvalue weighted by molar-refractivity contribution is 0.00907. The molecule has 1 aliphatic rings. The lowest BCUT2D eigenvalue weighted by Gasteiger charge is -2.42. The van der Waals surface area contributed by atoms with Gasteiger partial charge in [-0.25, -0.2) is 0 Å². The Morgan fingerprint density at radius 3 is 2.25 bits per heavy atom. The molecule has 0 bridgehead atoms. The normalized spacial score (nSPS) is 22.5. The third-order valence-corrected chi connectivity index (χ3v) is 5.83. The molecule has 20 heavy (non-hydrogen) atoms. The van der Waals surface area contributed by atoms with Crippen LogP contribution in [0.25, 0.3) is 0 Å². The van der Waals surface area contributed by atoms with Crippen LogP contribution >= 0.6 is 0 Å². The average molecular weight is 284 g/mol. The Morgan fingerprint density at radius 1 is 1.15 bits per heavy atom. The highest BCUT2D eigenvalue weighted by Crippen LogP contribution is 2.40. The molecule has 0 aromatic carbocycles. The maximum atomic E-state index is 6.80. The second kappa shape index (κ2) is 7.79. The highest BCUT2D eigenvalue weighted by molar-refractivity contribution is 4.94. The van der Waals surface area contributed by atoms with Crippen molar-refractivity contribution in [2.45, 2.75) is 97.1 Å². The molecule has 1 rings (SSSR count). The molecule has 0 unspecified atom stereocenters. The van der Waals surface area contributed by atoms with E-state index < -0.39 is 0 Å². The summed E-state index contributed by atoms with van der Waals surface area (Å²) in [5, 5.41) is 0. The summed E-state index contributed by atoms with van der Waals surface area (Å²) >= 11 is 0. The zero-order valence-corrected chi connectivity index (χ0v) is 14.5. The highest BCUT2D eigenvalue weighted by Gasteiger charge is 2.37. The third kappa shape index (κ3) is 4.73. The van der Waals surface area contributed by atoms with Crippen molar-refractivity contribution < 1.29 is 4.74 Å². The Labute approximate surface area is 126 Å². The lowest BCUT2D eigenvalue weighted by Crippen LogP contribution is -2.49. The summed E-state index contributed by atoms with van der Waals surface area (Å²) in [6.07, 6.45) is 11.8. The summed E-state index contributed by atoms with van der Waals surface area (Å²) in [5.41, 5.74) is 7.15. The largest absolute Gasteiger partial charge is 0.381 e. The number of ether oxygens (including phenoxy) is 1. The number of nitrogens with two attached hydrogens (primary N) is 1. The van der Waals surface area contributed by atoms with Crippen molar-refractivity contribution in [3.05, 3.63) is 0 Å². The van der Waals surface area contributed by atoms with Crippen LogP contribution in [0.5, 0.6) is 0 Å². The van der Waals surface area contributed by atoms with Gasteiger partial charge in [-0.2, -0.15) is 0 Å². The van der Waals surface area contributed by atoms with Crippen molar-refractivity contribution in [3.8, 4) is 0 Å². The van der Waals surface area contributed by atoms with Gasteiger partial charge in [-0.3, -0.25) is 0 Å². The molecule has 0 spiro atoms. The zero-order valence-electron chi connectivity index (χ0n) is 14.5. The van der Waals surface area contributed by atoms with Crippen LogP contribution in [0.3, 0.4) is 0 Å². The summed E-state index contributed by atoms with van der Waals surface area (Å²) in [6, 6.07) is 0. The Kier molecular flexibility index (Phi) is 7.00. The van der Waals surface area contributed by atoms with Crippen molar-refractivity contribution in [3.63, 3.8) is 0 Å². The van der Waals surface area contributed by atoms with E-state index in [0.29, 0.717) is 12.0 Å². The number of rotatable bonds is 8. The molecule has 0 radical (unpaired) electrons. The van der Waals surface area contributed by atoms with Gasteiger partial charge in [-0.15, -0.1) is 0 Å². The molecule has 2 nitrogen and oxygen atoms in total. The van der Waals surface area contributed by atoms with Gasteiger partial charge in [0.15, 0.2) is 0 Å². The monoisotopic (exact) mass is 283 g/mol. The van der Waals surface area contributed by atoms with E-state index in [9.17, 15) is 0 Å².